The number of hydrogen-bond acceptors (Lipinski definition) is 1. The van der Waals surface area contributed by atoms with Gasteiger partial charge in [0.15, 0.2) is 0 Å². The van der Waals surface area contributed by atoms with Crippen molar-refractivity contribution >= 4 is 6.08 Å². The zero-order chi connectivity index (χ0) is 7.68. The van der Waals surface area contributed by atoms with Gasteiger partial charge in [0.25, 0.3) is 0 Å². The van der Waals surface area contributed by atoms with Crippen molar-refractivity contribution in [3.8, 4) is 0 Å². The van der Waals surface area contributed by atoms with E-state index in [0.29, 0.717) is 0 Å². The topological polar surface area (TPSA) is 12.9 Å². The summed E-state index contributed by atoms with van der Waals surface area (Å²) in [6, 6.07) is 1.53. The first-order chi connectivity index (χ1) is 5.36. The molecule has 0 aliphatic heterocycles. The summed E-state index contributed by atoms with van der Waals surface area (Å²) in [5.41, 5.74) is 1.94. The minimum atomic E-state index is -0.254. The van der Waals surface area contributed by atoms with Crippen LogP contribution >= 0.6 is 0 Å². The van der Waals surface area contributed by atoms with E-state index in [9.17, 15) is 4.39 Å². The van der Waals surface area contributed by atoms with Gasteiger partial charge in [-0.1, -0.05) is 12.2 Å². The van der Waals surface area contributed by atoms with E-state index in [1.807, 2.05) is 12.2 Å². The molecule has 0 amide bonds. The predicted molar refractivity (Wildman–Crippen MR) is 41.6 cm³/mol. The van der Waals surface area contributed by atoms with Gasteiger partial charge < -0.3 is 0 Å². The number of aryl methyl sites for hydroxylation is 1. The second-order valence-electron chi connectivity index (χ2n) is 2.63. The van der Waals surface area contributed by atoms with Crippen molar-refractivity contribution in [1.82, 2.24) is 4.98 Å². The molecule has 0 aromatic carbocycles. The van der Waals surface area contributed by atoms with E-state index in [0.717, 1.165) is 24.1 Å². The molecule has 0 saturated carbocycles. The molecule has 2 rings (SSSR count). The molecule has 0 fully saturated rings. The molecular formula is C9H8FN. The molecule has 1 nitrogen and oxygen atoms in total. The monoisotopic (exact) mass is 149 g/mol. The second-order valence-corrected chi connectivity index (χ2v) is 2.63. The molecule has 0 bridgehead atoms. The molecule has 0 saturated heterocycles. The number of hydrogen-bond donors (Lipinski definition) is 0. The van der Waals surface area contributed by atoms with Crippen LogP contribution in [0.15, 0.2) is 18.3 Å². The highest BCUT2D eigenvalue weighted by Crippen LogP contribution is 2.16. The quantitative estimate of drug-likeness (QED) is 0.551. The summed E-state index contributed by atoms with van der Waals surface area (Å²) >= 11 is 0. The summed E-state index contributed by atoms with van der Waals surface area (Å²) in [6.07, 6.45) is 7.20. The van der Waals surface area contributed by atoms with Gasteiger partial charge in [-0.25, -0.2) is 4.39 Å². The summed E-state index contributed by atoms with van der Waals surface area (Å²) in [5.74, 6) is -0.254. The third-order valence-electron chi connectivity index (χ3n) is 1.82. The third-order valence-corrected chi connectivity index (χ3v) is 1.82. The molecule has 0 N–H and O–H groups in total. The number of aromatic nitrogens is 1. The van der Waals surface area contributed by atoms with Gasteiger partial charge >= 0.3 is 0 Å². The van der Waals surface area contributed by atoms with Crippen LogP contribution in [0.1, 0.15) is 17.7 Å². The number of fused-ring (bicyclic) bond motifs is 1. The Balaban J connectivity index is 2.54. The highest BCUT2D eigenvalue weighted by molar-refractivity contribution is 5.53. The molecule has 0 atom stereocenters. The maximum Gasteiger partial charge on any atom is 0.142 e. The van der Waals surface area contributed by atoms with Crippen LogP contribution in [0.25, 0.3) is 6.08 Å². The predicted octanol–water partition coefficient (Wildman–Crippen LogP) is 2.18. The first-order valence-corrected chi connectivity index (χ1v) is 3.67. The van der Waals surface area contributed by atoms with Gasteiger partial charge in [-0.15, -0.1) is 0 Å². The van der Waals surface area contributed by atoms with Crippen LogP contribution in [0, 0.1) is 5.82 Å². The van der Waals surface area contributed by atoms with Gasteiger partial charge in [0.1, 0.15) is 5.82 Å². The summed E-state index contributed by atoms with van der Waals surface area (Å²) in [7, 11) is 0. The normalized spacial score (nSPS) is 14.6. The molecule has 1 aliphatic rings. The largest absolute Gasteiger partial charge is 0.258 e. The number of halogens is 1. The maximum absolute atomic E-state index is 12.6. The smallest absolute Gasteiger partial charge is 0.142 e. The molecule has 1 heterocycles. The molecule has 2 heteroatoms. The lowest BCUT2D eigenvalue weighted by Gasteiger charge is -2.07. The molecule has 0 spiro atoms. The summed E-state index contributed by atoms with van der Waals surface area (Å²) < 4.78 is 12.6. The fourth-order valence-corrected chi connectivity index (χ4v) is 1.27. The molecular weight excluding hydrogens is 141 g/mol. The zero-order valence-corrected chi connectivity index (χ0v) is 6.05. The SMILES string of the molecule is Fc1cnc2c(c1)C=CCC2. The zero-order valence-electron chi connectivity index (χ0n) is 6.05. The van der Waals surface area contributed by atoms with Gasteiger partial charge in [-0.2, -0.15) is 0 Å². The van der Waals surface area contributed by atoms with Gasteiger partial charge in [0, 0.05) is 5.69 Å². The van der Waals surface area contributed by atoms with Crippen molar-refractivity contribution in [3.05, 3.63) is 35.4 Å². The second kappa shape index (κ2) is 2.46. The Kier molecular flexibility index (Phi) is 1.46. The van der Waals surface area contributed by atoms with Gasteiger partial charge in [0.2, 0.25) is 0 Å². The summed E-state index contributed by atoms with van der Waals surface area (Å²) in [6.45, 7) is 0. The molecule has 1 aromatic rings. The fraction of sp³-hybridized carbons (Fsp3) is 0.222. The minimum absolute atomic E-state index is 0.254. The van der Waals surface area contributed by atoms with Crippen LogP contribution in [-0.4, -0.2) is 4.98 Å². The van der Waals surface area contributed by atoms with Crippen molar-refractivity contribution in [1.29, 1.82) is 0 Å². The Morgan fingerprint density at radius 1 is 1.45 bits per heavy atom. The molecule has 1 aliphatic carbocycles. The first kappa shape index (κ1) is 6.53. The standard InChI is InChI=1S/C9H8FN/c10-8-5-7-3-1-2-4-9(7)11-6-8/h1,3,5-6H,2,4H2. The molecule has 11 heavy (non-hydrogen) atoms. The Morgan fingerprint density at radius 2 is 2.36 bits per heavy atom. The highest BCUT2D eigenvalue weighted by atomic mass is 19.1. The molecule has 1 aromatic heterocycles. The lowest BCUT2D eigenvalue weighted by atomic mass is 10.0. The van der Waals surface area contributed by atoms with Crippen LogP contribution in [0.5, 0.6) is 0 Å². The van der Waals surface area contributed by atoms with E-state index >= 15 is 0 Å². The summed E-state index contributed by atoms with van der Waals surface area (Å²) in [5, 5.41) is 0. The van der Waals surface area contributed by atoms with Crippen molar-refractivity contribution in [2.45, 2.75) is 12.8 Å². The van der Waals surface area contributed by atoms with Crippen molar-refractivity contribution < 1.29 is 4.39 Å². The maximum atomic E-state index is 12.6. The number of pyridine rings is 1. The highest BCUT2D eigenvalue weighted by Gasteiger charge is 2.05. The Labute approximate surface area is 64.6 Å². The van der Waals surface area contributed by atoms with Crippen LogP contribution in [0.4, 0.5) is 4.39 Å². The third kappa shape index (κ3) is 1.16. The average molecular weight is 149 g/mol. The van der Waals surface area contributed by atoms with Crippen molar-refractivity contribution in [3.63, 3.8) is 0 Å². The van der Waals surface area contributed by atoms with Crippen LogP contribution < -0.4 is 0 Å². The van der Waals surface area contributed by atoms with Crippen molar-refractivity contribution in [2.75, 3.05) is 0 Å². The Bertz CT molecular complexity index is 304. The summed E-state index contributed by atoms with van der Waals surface area (Å²) in [4.78, 5) is 3.99. The van der Waals surface area contributed by atoms with E-state index < -0.39 is 0 Å². The van der Waals surface area contributed by atoms with E-state index in [4.69, 9.17) is 0 Å². The van der Waals surface area contributed by atoms with Crippen LogP contribution in [0.3, 0.4) is 0 Å². The number of rotatable bonds is 0. The van der Waals surface area contributed by atoms with Crippen molar-refractivity contribution in [2.24, 2.45) is 0 Å². The van der Waals surface area contributed by atoms with E-state index in [1.54, 1.807) is 0 Å². The van der Waals surface area contributed by atoms with E-state index in [2.05, 4.69) is 4.98 Å². The molecule has 56 valence electrons. The van der Waals surface area contributed by atoms with Crippen LogP contribution in [0.2, 0.25) is 0 Å². The van der Waals surface area contributed by atoms with Gasteiger partial charge in [-0.05, 0) is 24.5 Å². The van der Waals surface area contributed by atoms with Crippen LogP contribution in [-0.2, 0) is 6.42 Å². The fourth-order valence-electron chi connectivity index (χ4n) is 1.27. The number of allylic oxidation sites excluding steroid dienone is 1. The number of nitrogens with zero attached hydrogens (tertiary/aromatic N) is 1. The lowest BCUT2D eigenvalue weighted by Crippen LogP contribution is -1.97. The van der Waals surface area contributed by atoms with E-state index in [1.165, 1.54) is 12.3 Å². The average Bonchev–Trinajstić information content (AvgIpc) is 2.04. The molecule has 0 unspecified atom stereocenters. The molecule has 0 radical (unpaired) electrons. The first-order valence-electron chi connectivity index (χ1n) is 3.67. The van der Waals surface area contributed by atoms with E-state index in [-0.39, 0.29) is 5.82 Å². The lowest BCUT2D eigenvalue weighted by molar-refractivity contribution is 0.618. The minimum Gasteiger partial charge on any atom is -0.258 e. The Hall–Kier alpha value is -1.18. The Morgan fingerprint density at radius 3 is 3.27 bits per heavy atom. The van der Waals surface area contributed by atoms with Gasteiger partial charge in [-0.3, -0.25) is 4.98 Å². The van der Waals surface area contributed by atoms with Gasteiger partial charge in [0.05, 0.1) is 6.20 Å².